The molecule has 5 nitrogen and oxygen atoms in total. The summed E-state index contributed by atoms with van der Waals surface area (Å²) in [7, 11) is 3.99. The first-order valence-corrected chi connectivity index (χ1v) is 9.43. The van der Waals surface area contributed by atoms with Crippen molar-refractivity contribution < 1.29 is 9.53 Å². The summed E-state index contributed by atoms with van der Waals surface area (Å²) in [6.07, 6.45) is 1.92. The second-order valence-corrected chi connectivity index (χ2v) is 7.19. The van der Waals surface area contributed by atoms with Crippen LogP contribution < -0.4 is 4.74 Å². The van der Waals surface area contributed by atoms with E-state index in [1.165, 1.54) is 0 Å². The molecule has 0 aliphatic rings. The van der Waals surface area contributed by atoms with Gasteiger partial charge in [-0.3, -0.25) is 4.79 Å². The molecule has 0 aliphatic carbocycles. The molecule has 0 saturated carbocycles. The third-order valence-corrected chi connectivity index (χ3v) is 4.87. The highest BCUT2D eigenvalue weighted by molar-refractivity contribution is 6.16. The summed E-state index contributed by atoms with van der Waals surface area (Å²) < 4.78 is 7.99. The third kappa shape index (κ3) is 3.58. The number of likely N-dealkylation sites (N-methyl/N-ethyl adjacent to an activating group) is 1. The van der Waals surface area contributed by atoms with Gasteiger partial charge in [0.2, 0.25) is 0 Å². The van der Waals surface area contributed by atoms with Crippen molar-refractivity contribution in [3.63, 3.8) is 0 Å². The normalized spacial score (nSPS) is 11.1. The minimum absolute atomic E-state index is 0.107. The van der Waals surface area contributed by atoms with E-state index in [-0.39, 0.29) is 5.78 Å². The van der Waals surface area contributed by atoms with E-state index in [9.17, 15) is 10.1 Å². The summed E-state index contributed by atoms with van der Waals surface area (Å²) in [6, 6.07) is 20.6. The molecule has 4 rings (SSSR count). The first-order chi connectivity index (χ1) is 14.1. The molecule has 2 aromatic heterocycles. The number of fused-ring (bicyclic) bond motifs is 3. The quantitative estimate of drug-likeness (QED) is 0.470. The van der Waals surface area contributed by atoms with E-state index in [0.29, 0.717) is 23.3 Å². The van der Waals surface area contributed by atoms with Gasteiger partial charge in [0.15, 0.2) is 5.78 Å². The number of hydrogen-bond acceptors (Lipinski definition) is 4. The van der Waals surface area contributed by atoms with Gasteiger partial charge in [-0.05, 0) is 44.4 Å². The van der Waals surface area contributed by atoms with Gasteiger partial charge in [-0.25, -0.2) is 0 Å². The number of ether oxygens (including phenoxy) is 1. The Morgan fingerprint density at radius 1 is 1.10 bits per heavy atom. The van der Waals surface area contributed by atoms with Crippen LogP contribution in [0.3, 0.4) is 0 Å². The van der Waals surface area contributed by atoms with Crippen LogP contribution in [0.4, 0.5) is 0 Å². The van der Waals surface area contributed by atoms with E-state index in [1.807, 2.05) is 61.1 Å². The molecule has 0 aliphatic heterocycles. The smallest absolute Gasteiger partial charge is 0.195 e. The van der Waals surface area contributed by atoms with E-state index in [0.717, 1.165) is 28.7 Å². The minimum atomic E-state index is -0.107. The molecule has 2 heterocycles. The first kappa shape index (κ1) is 18.7. The number of benzene rings is 2. The van der Waals surface area contributed by atoms with Crippen LogP contribution in [0.1, 0.15) is 21.5 Å². The number of nitrogens with zero attached hydrogens (tertiary/aromatic N) is 3. The maximum absolute atomic E-state index is 13.3. The standard InChI is InChI=1S/C24H21N3O2/c1-26(2)11-12-29-22-15-19-13-17(16-25)14-20(23(19)27-10-6-9-21(22)27)24(28)18-7-4-3-5-8-18/h3-10,13-15H,11-12H2,1-2H3. The Balaban J connectivity index is 1.92. The zero-order valence-electron chi connectivity index (χ0n) is 16.4. The maximum atomic E-state index is 13.3. The second kappa shape index (κ2) is 7.78. The molecule has 29 heavy (non-hydrogen) atoms. The van der Waals surface area contributed by atoms with E-state index < -0.39 is 0 Å². The molecule has 0 N–H and O–H groups in total. The van der Waals surface area contributed by atoms with Gasteiger partial charge >= 0.3 is 0 Å². The van der Waals surface area contributed by atoms with Crippen LogP contribution in [0, 0.1) is 11.3 Å². The van der Waals surface area contributed by atoms with Crippen molar-refractivity contribution in [2.24, 2.45) is 0 Å². The number of pyridine rings is 1. The van der Waals surface area contributed by atoms with Crippen molar-refractivity contribution in [3.05, 3.63) is 83.6 Å². The van der Waals surface area contributed by atoms with Gasteiger partial charge in [0, 0.05) is 29.3 Å². The molecular weight excluding hydrogens is 362 g/mol. The number of hydrogen-bond donors (Lipinski definition) is 0. The molecule has 0 atom stereocenters. The third-order valence-electron chi connectivity index (χ3n) is 4.87. The second-order valence-electron chi connectivity index (χ2n) is 7.19. The van der Waals surface area contributed by atoms with Gasteiger partial charge in [0.25, 0.3) is 0 Å². The average molecular weight is 383 g/mol. The Morgan fingerprint density at radius 2 is 1.90 bits per heavy atom. The van der Waals surface area contributed by atoms with Crippen LogP contribution in [-0.4, -0.2) is 42.3 Å². The molecule has 0 spiro atoms. The summed E-state index contributed by atoms with van der Waals surface area (Å²) in [5, 5.41) is 10.3. The number of ketones is 1. The lowest BCUT2D eigenvalue weighted by Gasteiger charge is -2.15. The lowest BCUT2D eigenvalue weighted by molar-refractivity contribution is 0.104. The molecular formula is C24H21N3O2. The van der Waals surface area contributed by atoms with Crippen LogP contribution in [0.15, 0.2) is 66.9 Å². The molecule has 0 unspecified atom stereocenters. The molecule has 0 fully saturated rings. The molecule has 5 heteroatoms. The number of carbonyl (C=O) groups excluding carboxylic acids is 1. The van der Waals surface area contributed by atoms with Gasteiger partial charge in [-0.1, -0.05) is 30.3 Å². The highest BCUT2D eigenvalue weighted by Crippen LogP contribution is 2.31. The fourth-order valence-electron chi connectivity index (χ4n) is 3.46. The lowest BCUT2D eigenvalue weighted by Crippen LogP contribution is -2.19. The summed E-state index contributed by atoms with van der Waals surface area (Å²) in [5.74, 6) is 0.626. The van der Waals surface area contributed by atoms with Crippen LogP contribution in [0.2, 0.25) is 0 Å². The molecule has 2 aromatic carbocycles. The van der Waals surface area contributed by atoms with Crippen molar-refractivity contribution in [1.82, 2.24) is 9.30 Å². The fraction of sp³-hybridized carbons (Fsp3) is 0.167. The van der Waals surface area contributed by atoms with Crippen molar-refractivity contribution in [1.29, 1.82) is 5.26 Å². The summed E-state index contributed by atoms with van der Waals surface area (Å²) in [5.41, 5.74) is 3.21. The van der Waals surface area contributed by atoms with Crippen molar-refractivity contribution in [2.45, 2.75) is 0 Å². The van der Waals surface area contributed by atoms with Crippen molar-refractivity contribution in [3.8, 4) is 11.8 Å². The number of aromatic nitrogens is 1. The Labute approximate surface area is 169 Å². The SMILES string of the molecule is CN(C)CCOc1cc2cc(C#N)cc(C(=O)c3ccccc3)c2n2cccc12. The largest absolute Gasteiger partial charge is 0.490 e. The van der Waals surface area contributed by atoms with E-state index in [2.05, 4.69) is 11.0 Å². The number of carbonyl (C=O) groups is 1. The molecule has 144 valence electrons. The molecule has 0 radical (unpaired) electrons. The summed E-state index contributed by atoms with van der Waals surface area (Å²) in [4.78, 5) is 15.3. The lowest BCUT2D eigenvalue weighted by atomic mass is 9.97. The monoisotopic (exact) mass is 383 g/mol. The Kier molecular flexibility index (Phi) is 5.03. The molecule has 4 aromatic rings. The number of nitriles is 1. The zero-order valence-corrected chi connectivity index (χ0v) is 16.4. The molecule has 0 saturated heterocycles. The van der Waals surface area contributed by atoms with Gasteiger partial charge < -0.3 is 14.0 Å². The number of rotatable bonds is 6. The van der Waals surface area contributed by atoms with Gasteiger partial charge in [-0.2, -0.15) is 5.26 Å². The summed E-state index contributed by atoms with van der Waals surface area (Å²) in [6.45, 7) is 1.34. The Hall–Kier alpha value is -3.62. The average Bonchev–Trinajstić information content (AvgIpc) is 3.23. The molecule has 0 amide bonds. The Bertz CT molecular complexity index is 1230. The topological polar surface area (TPSA) is 57.7 Å². The van der Waals surface area contributed by atoms with Gasteiger partial charge in [-0.15, -0.1) is 0 Å². The summed E-state index contributed by atoms with van der Waals surface area (Å²) >= 11 is 0. The van der Waals surface area contributed by atoms with Crippen LogP contribution >= 0.6 is 0 Å². The van der Waals surface area contributed by atoms with E-state index in [4.69, 9.17) is 4.74 Å². The highest BCUT2D eigenvalue weighted by atomic mass is 16.5. The van der Waals surface area contributed by atoms with Crippen LogP contribution in [-0.2, 0) is 0 Å². The van der Waals surface area contributed by atoms with Crippen molar-refractivity contribution in [2.75, 3.05) is 27.2 Å². The van der Waals surface area contributed by atoms with Crippen LogP contribution in [0.25, 0.3) is 16.4 Å². The fourth-order valence-corrected chi connectivity index (χ4v) is 3.46. The van der Waals surface area contributed by atoms with Gasteiger partial charge in [0.1, 0.15) is 12.4 Å². The predicted molar refractivity (Wildman–Crippen MR) is 114 cm³/mol. The maximum Gasteiger partial charge on any atom is 0.195 e. The zero-order chi connectivity index (χ0) is 20.4. The first-order valence-electron chi connectivity index (χ1n) is 9.43. The van der Waals surface area contributed by atoms with Gasteiger partial charge in [0.05, 0.1) is 22.7 Å². The Morgan fingerprint density at radius 3 is 2.62 bits per heavy atom. The van der Waals surface area contributed by atoms with E-state index >= 15 is 0 Å². The van der Waals surface area contributed by atoms with Crippen molar-refractivity contribution >= 4 is 22.2 Å². The van der Waals surface area contributed by atoms with E-state index in [1.54, 1.807) is 24.3 Å². The molecule has 0 bridgehead atoms. The minimum Gasteiger partial charge on any atom is -0.490 e. The highest BCUT2D eigenvalue weighted by Gasteiger charge is 2.18. The van der Waals surface area contributed by atoms with Crippen LogP contribution in [0.5, 0.6) is 5.75 Å². The predicted octanol–water partition coefficient (Wildman–Crippen LogP) is 4.14.